The molecule has 8 nitrogen and oxygen atoms in total. The van der Waals surface area contributed by atoms with E-state index in [1.165, 1.54) is 59.8 Å². The predicted molar refractivity (Wildman–Crippen MR) is 475 cm³/mol. The number of pyridine rings is 2. The molecule has 0 atom stereocenters. The normalized spacial score (nSPS) is 13.0. The highest BCUT2D eigenvalue weighted by atomic mass is 35.5. The Labute approximate surface area is 662 Å². The minimum atomic E-state index is -0.364. The van der Waals surface area contributed by atoms with Crippen LogP contribution in [0.25, 0.3) is 177 Å². The van der Waals surface area contributed by atoms with Crippen molar-refractivity contribution in [1.82, 2.24) is 29.1 Å². The Balaban J connectivity index is 0.000000124. The molecule has 10 heteroatoms. The van der Waals surface area contributed by atoms with E-state index in [0.29, 0.717) is 0 Å². The van der Waals surface area contributed by atoms with Crippen LogP contribution < -0.4 is 5.46 Å². The van der Waals surface area contributed by atoms with Crippen molar-refractivity contribution in [3.05, 3.63) is 381 Å². The van der Waals surface area contributed by atoms with Crippen molar-refractivity contribution in [3.8, 4) is 90.0 Å². The number of rotatable bonds is 10. The molecular formula is C103H78BClN6O2. The summed E-state index contributed by atoms with van der Waals surface area (Å²) in [6, 6.07) is 132. The minimum absolute atomic E-state index is 0. The number of nitrogens with zero attached hydrogens (tertiary/aromatic N) is 6. The van der Waals surface area contributed by atoms with E-state index in [9.17, 15) is 0 Å². The van der Waals surface area contributed by atoms with Crippen LogP contribution in [0.1, 0.15) is 35.1 Å². The van der Waals surface area contributed by atoms with Gasteiger partial charge in [0.15, 0.2) is 0 Å². The first-order valence-electron chi connectivity index (χ1n) is 38.0. The molecule has 0 aliphatic carbocycles. The van der Waals surface area contributed by atoms with Crippen molar-refractivity contribution in [2.75, 3.05) is 0 Å². The third kappa shape index (κ3) is 13.9. The van der Waals surface area contributed by atoms with Gasteiger partial charge in [-0.2, -0.15) is 0 Å². The van der Waals surface area contributed by atoms with Crippen molar-refractivity contribution in [3.63, 3.8) is 0 Å². The zero-order chi connectivity index (χ0) is 75.4. The highest BCUT2D eigenvalue weighted by molar-refractivity contribution is 6.62. The number of halogens is 1. The highest BCUT2D eigenvalue weighted by Gasteiger charge is 2.51. The first-order valence-corrected chi connectivity index (χ1v) is 38.4. The predicted octanol–water partition coefficient (Wildman–Crippen LogP) is 26.7. The van der Waals surface area contributed by atoms with E-state index in [1.54, 1.807) is 0 Å². The van der Waals surface area contributed by atoms with Gasteiger partial charge in [0.1, 0.15) is 11.6 Å². The maximum atomic E-state index is 6.74. The SMILES string of the molecule is C.CC1(C)OB(c2ccc(-n3c(-c4ccccc4)nc4ccccc43)cc2)OC1(C)C.Clc1cc(-c2ccc3ccccc3c2)nc2ccc(-c3ccc4ccccc4c3)cc12.c1ccc(-c2nc3ccccc3n2-c2ccc(-c3cc(-c4ccc5ccccc5c4)nc4ccc(-c5ccc6ccccc6c5)cc34)cc2)cc1. The maximum Gasteiger partial charge on any atom is 0.494 e. The number of imidazole rings is 2. The first kappa shape index (κ1) is 71.2. The zero-order valence-corrected chi connectivity index (χ0v) is 63.0. The molecule has 0 bridgehead atoms. The van der Waals surface area contributed by atoms with Crippen LogP contribution in [0.4, 0.5) is 0 Å². The van der Waals surface area contributed by atoms with Gasteiger partial charge < -0.3 is 9.31 Å². The fourth-order valence-corrected chi connectivity index (χ4v) is 15.7. The van der Waals surface area contributed by atoms with E-state index >= 15 is 0 Å². The average Bonchev–Trinajstić information content (AvgIpc) is 1.74. The van der Waals surface area contributed by atoms with Crippen LogP contribution in [0.2, 0.25) is 5.02 Å². The summed E-state index contributed by atoms with van der Waals surface area (Å²) < 4.78 is 16.9. The van der Waals surface area contributed by atoms with Crippen LogP contribution in [-0.2, 0) is 9.31 Å². The van der Waals surface area contributed by atoms with Crippen molar-refractivity contribution in [2.45, 2.75) is 46.3 Å². The summed E-state index contributed by atoms with van der Waals surface area (Å²) in [5.41, 5.74) is 21.6. The van der Waals surface area contributed by atoms with Gasteiger partial charge in [-0.1, -0.05) is 286 Å². The van der Waals surface area contributed by atoms with Gasteiger partial charge in [-0.3, -0.25) is 9.13 Å². The third-order valence-electron chi connectivity index (χ3n) is 22.1. The van der Waals surface area contributed by atoms with E-state index in [-0.39, 0.29) is 25.7 Å². The number of fused-ring (bicyclic) bond motifs is 8. The monoisotopic (exact) mass is 1480 g/mol. The van der Waals surface area contributed by atoms with E-state index in [1.807, 2.05) is 48.5 Å². The summed E-state index contributed by atoms with van der Waals surface area (Å²) in [5, 5.41) is 12.6. The number of benzene rings is 16. The number of hydrogen-bond donors (Lipinski definition) is 0. The molecule has 0 spiro atoms. The Morgan fingerprint density at radius 3 is 1.06 bits per heavy atom. The highest BCUT2D eigenvalue weighted by Crippen LogP contribution is 2.41. The Morgan fingerprint density at radius 2 is 0.611 bits per heavy atom. The molecule has 0 radical (unpaired) electrons. The zero-order valence-electron chi connectivity index (χ0n) is 62.3. The van der Waals surface area contributed by atoms with E-state index in [0.717, 1.165) is 128 Å². The van der Waals surface area contributed by atoms with E-state index in [2.05, 4.69) is 364 Å². The molecule has 113 heavy (non-hydrogen) atoms. The Morgan fingerprint density at radius 1 is 0.274 bits per heavy atom. The summed E-state index contributed by atoms with van der Waals surface area (Å²) in [7, 11) is -0.364. The van der Waals surface area contributed by atoms with E-state index in [4.69, 9.17) is 40.8 Å². The summed E-state index contributed by atoms with van der Waals surface area (Å²) in [6.07, 6.45) is 0. The molecule has 20 aromatic rings. The Hall–Kier alpha value is -13.4. The second-order valence-corrected chi connectivity index (χ2v) is 30.1. The van der Waals surface area contributed by atoms with Crippen LogP contribution >= 0.6 is 11.6 Å². The van der Waals surface area contributed by atoms with Crippen LogP contribution in [-0.4, -0.2) is 47.4 Å². The molecular weight excluding hydrogens is 1400 g/mol. The molecule has 0 unspecified atom stereocenters. The maximum absolute atomic E-state index is 6.74. The lowest BCUT2D eigenvalue weighted by molar-refractivity contribution is 0.00578. The average molecular weight is 1480 g/mol. The van der Waals surface area contributed by atoms with Crippen molar-refractivity contribution >= 4 is 111 Å². The van der Waals surface area contributed by atoms with E-state index < -0.39 is 0 Å². The summed E-state index contributed by atoms with van der Waals surface area (Å²) in [5.74, 6) is 1.86. The fraction of sp³-hybridized carbons (Fsp3) is 0.0680. The Kier molecular flexibility index (Phi) is 18.8. The molecule has 4 aromatic heterocycles. The van der Waals surface area contributed by atoms with Gasteiger partial charge in [-0.15, -0.1) is 0 Å². The molecule has 21 rings (SSSR count). The molecule has 1 saturated heterocycles. The first-order chi connectivity index (χ1) is 54.8. The molecule has 5 heterocycles. The fourth-order valence-electron chi connectivity index (χ4n) is 15.4. The van der Waals surface area contributed by atoms with Gasteiger partial charge in [-0.25, -0.2) is 19.9 Å². The number of para-hydroxylation sites is 4. The lowest BCUT2D eigenvalue weighted by Crippen LogP contribution is -2.41. The van der Waals surface area contributed by atoms with Gasteiger partial charge in [0.25, 0.3) is 0 Å². The third-order valence-corrected chi connectivity index (χ3v) is 22.4. The van der Waals surface area contributed by atoms with Crippen molar-refractivity contribution < 1.29 is 9.31 Å². The molecule has 0 N–H and O–H groups in total. The lowest BCUT2D eigenvalue weighted by Gasteiger charge is -2.32. The van der Waals surface area contributed by atoms with Crippen LogP contribution in [0, 0.1) is 0 Å². The van der Waals surface area contributed by atoms with Gasteiger partial charge in [0, 0.05) is 44.4 Å². The number of aromatic nitrogens is 6. The quantitative estimate of drug-likeness (QED) is 0.127. The van der Waals surface area contributed by atoms with Crippen LogP contribution in [0.3, 0.4) is 0 Å². The second-order valence-electron chi connectivity index (χ2n) is 29.7. The molecule has 1 fully saturated rings. The lowest BCUT2D eigenvalue weighted by atomic mass is 9.79. The largest absolute Gasteiger partial charge is 0.494 e. The number of hydrogen-bond acceptors (Lipinski definition) is 6. The summed E-state index contributed by atoms with van der Waals surface area (Å²) in [6.45, 7) is 8.30. The summed E-state index contributed by atoms with van der Waals surface area (Å²) >= 11 is 6.74. The van der Waals surface area contributed by atoms with Crippen molar-refractivity contribution in [2.24, 2.45) is 0 Å². The molecule has 0 saturated carbocycles. The van der Waals surface area contributed by atoms with Gasteiger partial charge in [0.2, 0.25) is 0 Å². The molecule has 1 aliphatic heterocycles. The topological polar surface area (TPSA) is 79.9 Å². The van der Waals surface area contributed by atoms with Gasteiger partial charge in [0.05, 0.1) is 60.7 Å². The Bertz CT molecular complexity index is 6960. The van der Waals surface area contributed by atoms with Gasteiger partial charge in [-0.05, 0) is 219 Å². The minimum Gasteiger partial charge on any atom is -0.399 e. The summed E-state index contributed by atoms with van der Waals surface area (Å²) in [4.78, 5) is 20.1. The van der Waals surface area contributed by atoms with Crippen molar-refractivity contribution in [1.29, 1.82) is 0 Å². The second kappa shape index (κ2) is 29.8. The smallest absolute Gasteiger partial charge is 0.399 e. The van der Waals surface area contributed by atoms with Gasteiger partial charge >= 0.3 is 7.12 Å². The van der Waals surface area contributed by atoms with Crippen LogP contribution in [0.5, 0.6) is 0 Å². The standard InChI is InChI=1S/C48H31N3.C29H18ClN.C25H25BN2O2.CH4/c1-2-12-35(13-3-1)48-50-45-16-8-9-17-47(45)51(48)41-25-22-34(23-26-41)42-31-46(40-21-19-33-11-5-7-15-37(33)29-40)49-44-27-24-39(30-43(42)44)38-20-18-32-10-4-6-14-36(32)28-38;30-27-18-29(25-12-10-20-6-2-4-8-22(20)16-25)31-28-14-13-24(17-26(27)28)23-11-9-19-5-1-3-7-21(19)15-23;1-24(2)25(3,4)30-26(29-24)19-14-16-20(17-15-19)28-22-13-9-8-12-21(22)27-23(28)18-10-6-5-7-11-18;/h1-31H;1-18H;5-17H,1-4H3;1H4. The van der Waals surface area contributed by atoms with Crippen LogP contribution in [0.15, 0.2) is 376 Å². The molecule has 16 aromatic carbocycles. The molecule has 1 aliphatic rings. The molecule has 0 amide bonds. The molecule has 542 valence electrons.